The fraction of sp³-hybridized carbons (Fsp3) is 0.333. The van der Waals surface area contributed by atoms with Crippen molar-refractivity contribution in [1.29, 1.82) is 0 Å². The summed E-state index contributed by atoms with van der Waals surface area (Å²) >= 11 is 1.62. The van der Waals surface area contributed by atoms with E-state index in [9.17, 15) is 18.0 Å². The molecule has 33 heavy (non-hydrogen) atoms. The molecule has 1 aromatic carbocycles. The molecule has 2 aromatic heterocycles. The average molecular weight is 482 g/mol. The molecule has 12 heteroatoms. The van der Waals surface area contributed by atoms with Crippen molar-refractivity contribution in [3.8, 4) is 16.5 Å². The Bertz CT molecular complexity index is 1130. The topological polar surface area (TPSA) is 119 Å². The molecule has 1 saturated heterocycles. The number of amides is 1. The molecule has 0 bridgehead atoms. The van der Waals surface area contributed by atoms with Crippen LogP contribution in [0.15, 0.2) is 36.7 Å². The normalized spacial score (nSPS) is 14.5. The van der Waals surface area contributed by atoms with E-state index in [4.69, 9.17) is 20.4 Å². The number of carbonyl (C=O) groups excluding carboxylic acids is 1. The van der Waals surface area contributed by atoms with E-state index in [-0.39, 0.29) is 11.9 Å². The number of carboxylic acid groups (broad SMARTS) is 1. The Balaban J connectivity index is 0.000000383. The van der Waals surface area contributed by atoms with E-state index in [0.29, 0.717) is 24.5 Å². The molecule has 1 aliphatic rings. The number of alkyl halides is 3. The maximum Gasteiger partial charge on any atom is 0.490 e. The van der Waals surface area contributed by atoms with Crippen LogP contribution in [0, 0.1) is 0 Å². The second-order valence-electron chi connectivity index (χ2n) is 7.24. The first kappa shape index (κ1) is 24.4. The maximum absolute atomic E-state index is 12.6. The van der Waals surface area contributed by atoms with Crippen LogP contribution < -0.4 is 10.5 Å². The number of carboxylic acids is 1. The highest BCUT2D eigenvalue weighted by Gasteiger charge is 2.38. The Morgan fingerprint density at radius 1 is 1.18 bits per heavy atom. The summed E-state index contributed by atoms with van der Waals surface area (Å²) in [5, 5.41) is 8.22. The number of nitrogens with two attached hydrogens (primary N) is 1. The number of hydrogen-bond acceptors (Lipinski definition) is 7. The van der Waals surface area contributed by atoms with E-state index in [0.717, 1.165) is 33.6 Å². The van der Waals surface area contributed by atoms with E-state index in [2.05, 4.69) is 9.97 Å². The van der Waals surface area contributed by atoms with E-state index in [1.165, 1.54) is 0 Å². The monoisotopic (exact) mass is 482 g/mol. The summed E-state index contributed by atoms with van der Waals surface area (Å²) in [6, 6.07) is 8.21. The quantitative estimate of drug-likeness (QED) is 0.586. The summed E-state index contributed by atoms with van der Waals surface area (Å²) < 4.78 is 38.2. The molecule has 8 nitrogen and oxygen atoms in total. The molecule has 3 aromatic rings. The Hall–Kier alpha value is -3.25. The number of rotatable bonds is 3. The van der Waals surface area contributed by atoms with Crippen molar-refractivity contribution in [2.75, 3.05) is 20.2 Å². The SMILES string of the molecule is COc1ccc2sc(-c3ncc(C(=O)N4CCC(N)CC4)cn3)cc2c1.O=C(O)C(F)(F)F. The van der Waals surface area contributed by atoms with Crippen molar-refractivity contribution in [3.63, 3.8) is 0 Å². The number of thiophene rings is 1. The van der Waals surface area contributed by atoms with E-state index in [1.54, 1.807) is 30.8 Å². The summed E-state index contributed by atoms with van der Waals surface area (Å²) in [5.41, 5.74) is 6.42. The molecule has 0 aliphatic carbocycles. The standard InChI is InChI=1S/C19H20N4O2S.C2HF3O2/c1-25-15-2-3-16-12(8-15)9-17(26-16)18-21-10-13(11-22-18)19(24)23-6-4-14(20)5-7-23;3-2(4,5)1(6)7/h2-3,8-11,14H,4-7,20H2,1H3;(H,6,7). The predicted octanol–water partition coefficient (Wildman–Crippen LogP) is 3.56. The number of nitrogens with zero attached hydrogens (tertiary/aromatic N) is 3. The molecule has 1 fully saturated rings. The number of halogens is 3. The summed E-state index contributed by atoms with van der Waals surface area (Å²) in [6.45, 7) is 1.39. The van der Waals surface area contributed by atoms with Crippen molar-refractivity contribution < 1.29 is 32.6 Å². The lowest BCUT2D eigenvalue weighted by Crippen LogP contribution is -2.42. The smallest absolute Gasteiger partial charge is 0.490 e. The lowest BCUT2D eigenvalue weighted by molar-refractivity contribution is -0.192. The lowest BCUT2D eigenvalue weighted by atomic mass is 10.1. The van der Waals surface area contributed by atoms with Crippen LogP contribution in [0.25, 0.3) is 20.8 Å². The van der Waals surface area contributed by atoms with Gasteiger partial charge in [0.25, 0.3) is 5.91 Å². The van der Waals surface area contributed by atoms with Gasteiger partial charge in [-0.05, 0) is 42.5 Å². The molecule has 3 heterocycles. The molecule has 0 saturated carbocycles. The van der Waals surface area contributed by atoms with Crippen molar-refractivity contribution in [2.24, 2.45) is 5.73 Å². The molecular formula is C21H21F3N4O4S. The van der Waals surface area contributed by atoms with Crippen LogP contribution in [-0.4, -0.2) is 64.3 Å². The molecule has 0 spiro atoms. The van der Waals surface area contributed by atoms with Gasteiger partial charge in [0.15, 0.2) is 5.82 Å². The van der Waals surface area contributed by atoms with Gasteiger partial charge in [0.2, 0.25) is 0 Å². The van der Waals surface area contributed by atoms with Gasteiger partial charge in [-0.25, -0.2) is 14.8 Å². The van der Waals surface area contributed by atoms with Crippen molar-refractivity contribution >= 4 is 33.3 Å². The summed E-state index contributed by atoms with van der Waals surface area (Å²) in [4.78, 5) is 33.1. The molecule has 1 amide bonds. The van der Waals surface area contributed by atoms with Crippen molar-refractivity contribution in [1.82, 2.24) is 14.9 Å². The summed E-state index contributed by atoms with van der Waals surface area (Å²) in [5.74, 6) is -1.33. The third-order valence-electron chi connectivity index (χ3n) is 4.91. The van der Waals surface area contributed by atoms with Gasteiger partial charge in [-0.3, -0.25) is 4.79 Å². The number of aromatic nitrogens is 2. The number of ether oxygens (including phenoxy) is 1. The highest BCUT2D eigenvalue weighted by Crippen LogP contribution is 2.33. The predicted molar refractivity (Wildman–Crippen MR) is 116 cm³/mol. The molecule has 3 N–H and O–H groups in total. The number of likely N-dealkylation sites (tertiary alicyclic amines) is 1. The largest absolute Gasteiger partial charge is 0.497 e. The summed E-state index contributed by atoms with van der Waals surface area (Å²) in [7, 11) is 1.66. The molecule has 0 unspecified atom stereocenters. The van der Waals surface area contributed by atoms with Crippen LogP contribution in [0.2, 0.25) is 0 Å². The van der Waals surface area contributed by atoms with E-state index in [1.807, 2.05) is 29.2 Å². The molecular weight excluding hydrogens is 461 g/mol. The van der Waals surface area contributed by atoms with Crippen LogP contribution in [0.1, 0.15) is 23.2 Å². The van der Waals surface area contributed by atoms with Gasteiger partial charge in [0.05, 0.1) is 17.6 Å². The van der Waals surface area contributed by atoms with Crippen molar-refractivity contribution in [3.05, 3.63) is 42.2 Å². The highest BCUT2D eigenvalue weighted by atomic mass is 32.1. The summed E-state index contributed by atoms with van der Waals surface area (Å²) in [6.07, 6.45) is -0.166. The van der Waals surface area contributed by atoms with E-state index >= 15 is 0 Å². The first-order chi connectivity index (χ1) is 15.6. The van der Waals surface area contributed by atoms with Gasteiger partial charge >= 0.3 is 12.1 Å². The average Bonchev–Trinajstić information content (AvgIpc) is 3.22. The Kier molecular flexibility index (Phi) is 7.49. The number of piperidine rings is 1. The van der Waals surface area contributed by atoms with Crippen LogP contribution in [-0.2, 0) is 4.79 Å². The first-order valence-electron chi connectivity index (χ1n) is 9.83. The van der Waals surface area contributed by atoms with Crippen LogP contribution in [0.3, 0.4) is 0 Å². The van der Waals surface area contributed by atoms with Crippen LogP contribution in [0.4, 0.5) is 13.2 Å². The van der Waals surface area contributed by atoms with Gasteiger partial charge in [0.1, 0.15) is 5.75 Å². The minimum atomic E-state index is -5.08. The van der Waals surface area contributed by atoms with Gasteiger partial charge in [-0.1, -0.05) is 0 Å². The minimum absolute atomic E-state index is 0.0236. The van der Waals surface area contributed by atoms with Gasteiger partial charge in [0, 0.05) is 36.2 Å². The minimum Gasteiger partial charge on any atom is -0.497 e. The Morgan fingerprint density at radius 3 is 2.33 bits per heavy atom. The molecule has 0 radical (unpaired) electrons. The second-order valence-corrected chi connectivity index (χ2v) is 8.33. The molecule has 0 atom stereocenters. The highest BCUT2D eigenvalue weighted by molar-refractivity contribution is 7.22. The molecule has 4 rings (SSSR count). The van der Waals surface area contributed by atoms with Crippen LogP contribution >= 0.6 is 11.3 Å². The van der Waals surface area contributed by atoms with Gasteiger partial charge < -0.3 is 20.5 Å². The third-order valence-corrected chi connectivity index (χ3v) is 6.02. The zero-order valence-electron chi connectivity index (χ0n) is 17.5. The number of carbonyl (C=O) groups is 2. The number of aliphatic carboxylic acids is 1. The Morgan fingerprint density at radius 2 is 1.79 bits per heavy atom. The number of hydrogen-bond donors (Lipinski definition) is 2. The van der Waals surface area contributed by atoms with Gasteiger partial charge in [-0.15, -0.1) is 11.3 Å². The second kappa shape index (κ2) is 10.1. The van der Waals surface area contributed by atoms with Crippen molar-refractivity contribution in [2.45, 2.75) is 25.1 Å². The zero-order chi connectivity index (χ0) is 24.2. The fourth-order valence-electron chi connectivity index (χ4n) is 3.11. The maximum atomic E-state index is 12.6. The third kappa shape index (κ3) is 6.17. The number of methoxy groups -OCH3 is 1. The fourth-order valence-corrected chi connectivity index (χ4v) is 4.10. The van der Waals surface area contributed by atoms with E-state index < -0.39 is 12.1 Å². The molecule has 1 aliphatic heterocycles. The Labute approximate surface area is 190 Å². The van der Waals surface area contributed by atoms with Crippen LogP contribution in [0.5, 0.6) is 5.75 Å². The lowest BCUT2D eigenvalue weighted by Gasteiger charge is -2.30. The van der Waals surface area contributed by atoms with Gasteiger partial charge in [-0.2, -0.15) is 13.2 Å². The number of fused-ring (bicyclic) bond motifs is 1. The zero-order valence-corrected chi connectivity index (χ0v) is 18.3. The first-order valence-corrected chi connectivity index (χ1v) is 10.6. The number of benzene rings is 1. The molecule has 176 valence electrons.